The Bertz CT molecular complexity index is 2150. The molecule has 20 atom stereocenters. The minimum absolute atomic E-state index is 0.0163. The standard InChI is InChI=1S/C54H94FN5O13S/c1-16-44-54(12,66)47(62)36(8)59(14)28-32(4)25-52(10,65)49(34(6)45(35(7)50(64)72-44)43-26-53(11,69-15)48(63)37(9)71-43)73-51-46(61)42(23-33(5)70-51)58(13)22-21-39-29-60(57-56-39)40(27-55)24-38-17-19-41(20-18-38)74(67,68)30-31(2)3/h17-20,29,31-37,40,42-51,61-66H,16,21-28,30H2,1-15H3/t32-,33-,34+,35-,36-,37+,40+,42+,43?,44-,45+,46-,47-,48+,49-,50?,51+,52-,53-,54-/m1/s1. The zero-order valence-electron chi connectivity index (χ0n) is 46.9. The van der Waals surface area contributed by atoms with E-state index in [1.54, 1.807) is 44.3 Å². The van der Waals surface area contributed by atoms with Crippen molar-refractivity contribution in [1.29, 1.82) is 0 Å². The van der Waals surface area contributed by atoms with E-state index >= 15 is 0 Å². The van der Waals surface area contributed by atoms with Gasteiger partial charge in [-0.15, -0.1) is 5.10 Å². The average molecular weight is 1070 g/mol. The third-order valence-electron chi connectivity index (χ3n) is 16.8. The predicted molar refractivity (Wildman–Crippen MR) is 279 cm³/mol. The van der Waals surface area contributed by atoms with Gasteiger partial charge < -0.3 is 64.1 Å². The van der Waals surface area contributed by atoms with Crippen LogP contribution in [0, 0.1) is 29.6 Å². The summed E-state index contributed by atoms with van der Waals surface area (Å²) in [4.78, 5) is 4.18. The molecule has 426 valence electrons. The van der Waals surface area contributed by atoms with E-state index < -0.39 is 125 Å². The molecule has 0 aliphatic carbocycles. The van der Waals surface area contributed by atoms with Gasteiger partial charge in [0.1, 0.15) is 30.6 Å². The number of halogens is 1. The Morgan fingerprint density at radius 3 is 2.19 bits per heavy atom. The van der Waals surface area contributed by atoms with Crippen molar-refractivity contribution in [1.82, 2.24) is 24.8 Å². The highest BCUT2D eigenvalue weighted by atomic mass is 32.2. The number of aliphatic hydroxyl groups is 6. The molecule has 20 heteroatoms. The molecule has 0 radical (unpaired) electrons. The first-order valence-electron chi connectivity index (χ1n) is 26.9. The smallest absolute Gasteiger partial charge is 0.185 e. The number of ether oxygens (including phenoxy) is 5. The zero-order valence-corrected chi connectivity index (χ0v) is 47.7. The second kappa shape index (κ2) is 25.7. The van der Waals surface area contributed by atoms with Crippen molar-refractivity contribution in [3.63, 3.8) is 0 Å². The van der Waals surface area contributed by atoms with Gasteiger partial charge in [-0.1, -0.05) is 58.9 Å². The van der Waals surface area contributed by atoms with Gasteiger partial charge in [0, 0.05) is 57.2 Å². The summed E-state index contributed by atoms with van der Waals surface area (Å²) in [6.45, 7) is 21.9. The Labute approximate surface area is 441 Å². The summed E-state index contributed by atoms with van der Waals surface area (Å²) in [5.74, 6) is -2.24. The van der Waals surface area contributed by atoms with E-state index in [0.717, 1.165) is 5.56 Å². The van der Waals surface area contributed by atoms with E-state index in [-0.39, 0.29) is 54.3 Å². The minimum Gasteiger partial charge on any atom is -0.388 e. The molecule has 1 aromatic heterocycles. The van der Waals surface area contributed by atoms with Crippen molar-refractivity contribution in [3.05, 3.63) is 41.7 Å². The summed E-state index contributed by atoms with van der Waals surface area (Å²) in [6, 6.07) is 4.87. The third-order valence-corrected chi connectivity index (χ3v) is 18.8. The summed E-state index contributed by atoms with van der Waals surface area (Å²) in [6.07, 6.45) is -6.44. The second-order valence-electron chi connectivity index (χ2n) is 23.7. The maximum atomic E-state index is 14.6. The molecule has 0 spiro atoms. The molecule has 2 unspecified atom stereocenters. The first-order valence-corrected chi connectivity index (χ1v) is 28.6. The van der Waals surface area contributed by atoms with Crippen LogP contribution in [0.5, 0.6) is 0 Å². The summed E-state index contributed by atoms with van der Waals surface area (Å²) in [5, 5.41) is 81.1. The Hall–Kier alpha value is -2.28. The number of likely N-dealkylation sites (N-methyl/N-ethyl adjacent to an activating group) is 2. The van der Waals surface area contributed by atoms with Crippen molar-refractivity contribution >= 4 is 9.84 Å². The molecule has 0 bridgehead atoms. The number of aromatic nitrogens is 3. The number of alkyl halides is 1. The van der Waals surface area contributed by atoms with Gasteiger partial charge in [0.15, 0.2) is 22.4 Å². The number of aliphatic hydroxyl groups excluding tert-OH is 4. The summed E-state index contributed by atoms with van der Waals surface area (Å²) < 4.78 is 74.0. The van der Waals surface area contributed by atoms with Crippen LogP contribution >= 0.6 is 0 Å². The fraction of sp³-hybridized carbons (Fsp3) is 0.852. The van der Waals surface area contributed by atoms with E-state index in [1.807, 2.05) is 86.2 Å². The average Bonchev–Trinajstić information content (AvgIpc) is 3.80. The van der Waals surface area contributed by atoms with Crippen LogP contribution in [0.4, 0.5) is 4.39 Å². The molecular weight excluding hydrogens is 978 g/mol. The summed E-state index contributed by atoms with van der Waals surface area (Å²) >= 11 is 0. The van der Waals surface area contributed by atoms with Gasteiger partial charge in [-0.05, 0) is 123 Å². The molecular formula is C54H94FN5O13S. The molecule has 3 aliphatic rings. The lowest BCUT2D eigenvalue weighted by molar-refractivity contribution is -0.307. The first kappa shape index (κ1) is 62.6. The van der Waals surface area contributed by atoms with Gasteiger partial charge in [-0.2, -0.15) is 0 Å². The second-order valence-corrected chi connectivity index (χ2v) is 25.7. The number of rotatable bonds is 16. The molecule has 1 aromatic carbocycles. The predicted octanol–water partition coefficient (Wildman–Crippen LogP) is 4.35. The van der Waals surface area contributed by atoms with E-state index in [9.17, 15) is 43.4 Å². The number of hydrogen-bond acceptors (Lipinski definition) is 17. The molecule has 3 aliphatic heterocycles. The first-order chi connectivity index (χ1) is 34.4. The lowest BCUT2D eigenvalue weighted by atomic mass is 9.68. The summed E-state index contributed by atoms with van der Waals surface area (Å²) in [5.41, 5.74) is -3.04. The number of methoxy groups -OCH3 is 1. The van der Waals surface area contributed by atoms with Gasteiger partial charge >= 0.3 is 0 Å². The Morgan fingerprint density at radius 2 is 1.59 bits per heavy atom. The maximum absolute atomic E-state index is 14.6. The Morgan fingerprint density at radius 1 is 0.946 bits per heavy atom. The van der Waals surface area contributed by atoms with Crippen molar-refractivity contribution in [3.8, 4) is 0 Å². The third kappa shape index (κ3) is 14.7. The maximum Gasteiger partial charge on any atom is 0.185 e. The number of hydrogen-bond donors (Lipinski definition) is 6. The molecule has 0 saturated carbocycles. The van der Waals surface area contributed by atoms with E-state index in [2.05, 4.69) is 10.3 Å². The molecule has 18 nitrogen and oxygen atoms in total. The Balaban J connectivity index is 1.42. The van der Waals surface area contributed by atoms with Gasteiger partial charge in [0.05, 0.1) is 64.1 Å². The number of benzene rings is 1. The normalized spacial score (nSPS) is 40.2. The van der Waals surface area contributed by atoms with Crippen LogP contribution in [0.3, 0.4) is 0 Å². The lowest BCUT2D eigenvalue weighted by Gasteiger charge is -2.52. The Kier molecular flexibility index (Phi) is 21.7. The van der Waals surface area contributed by atoms with Crippen LogP contribution in [0.1, 0.15) is 126 Å². The molecule has 4 heterocycles. The van der Waals surface area contributed by atoms with Gasteiger partial charge in [0.25, 0.3) is 0 Å². The molecule has 3 saturated heterocycles. The lowest BCUT2D eigenvalue weighted by Crippen LogP contribution is -2.62. The van der Waals surface area contributed by atoms with Crippen molar-refractivity contribution in [2.75, 3.05) is 46.7 Å². The molecule has 3 fully saturated rings. The largest absolute Gasteiger partial charge is 0.388 e. The fourth-order valence-electron chi connectivity index (χ4n) is 12.3. The zero-order chi connectivity index (χ0) is 55.4. The van der Waals surface area contributed by atoms with E-state index in [4.69, 9.17) is 23.7 Å². The van der Waals surface area contributed by atoms with Crippen LogP contribution in [0.25, 0.3) is 0 Å². The SMILES string of the molecule is CC[C@H]1OC(O)[C@H](C)[C@@H](C2C[C@@](C)(OC)[C@@H](O)[C@H](C)O2)[C@H](C)[C@@H](O[C@@H]2O[C@H](C)C[C@H](N(C)CCc3cn([C@H](CF)Cc4ccc(S(=O)(=O)CC(C)C)cc4)nn3)[C@H]2O)[C@](C)(O)C[C@@H](C)CN(C)[C@H](C)[C@@H](O)[C@]1(C)O. The van der Waals surface area contributed by atoms with E-state index in [0.29, 0.717) is 31.6 Å². The van der Waals surface area contributed by atoms with Crippen molar-refractivity contribution in [2.24, 2.45) is 29.6 Å². The minimum atomic E-state index is -3.43. The van der Waals surface area contributed by atoms with Gasteiger partial charge in [-0.3, -0.25) is 0 Å². The molecule has 6 N–H and O–H groups in total. The molecule has 2 aromatic rings. The van der Waals surface area contributed by atoms with Crippen LogP contribution in [0.15, 0.2) is 35.4 Å². The topological polar surface area (TPSA) is 239 Å². The number of sulfone groups is 1. The quantitative estimate of drug-likeness (QED) is 0.137. The van der Waals surface area contributed by atoms with Crippen LogP contribution < -0.4 is 0 Å². The molecule has 74 heavy (non-hydrogen) atoms. The van der Waals surface area contributed by atoms with Crippen molar-refractivity contribution < 1.29 is 67.1 Å². The highest BCUT2D eigenvalue weighted by Gasteiger charge is 2.55. The monoisotopic (exact) mass is 1070 g/mol. The van der Waals surface area contributed by atoms with Crippen LogP contribution in [0.2, 0.25) is 0 Å². The summed E-state index contributed by atoms with van der Waals surface area (Å²) in [7, 11) is 1.85. The highest BCUT2D eigenvalue weighted by Crippen LogP contribution is 2.45. The van der Waals surface area contributed by atoms with Crippen LogP contribution in [-0.2, 0) is 46.4 Å². The molecule has 0 amide bonds. The van der Waals surface area contributed by atoms with Crippen LogP contribution in [-0.4, -0.2) is 201 Å². The van der Waals surface area contributed by atoms with E-state index in [1.165, 1.54) is 18.7 Å². The molecule has 5 rings (SSSR count). The highest BCUT2D eigenvalue weighted by molar-refractivity contribution is 7.91. The fourth-order valence-corrected chi connectivity index (χ4v) is 13.9. The van der Waals surface area contributed by atoms with Crippen molar-refractivity contribution in [2.45, 2.75) is 223 Å². The van der Waals surface area contributed by atoms with Gasteiger partial charge in [0.2, 0.25) is 0 Å². The van der Waals surface area contributed by atoms with Gasteiger partial charge in [-0.25, -0.2) is 17.5 Å². The number of nitrogens with zero attached hydrogens (tertiary/aromatic N) is 5.